The van der Waals surface area contributed by atoms with Crippen molar-refractivity contribution in [1.82, 2.24) is 14.5 Å². The molecule has 0 spiro atoms. The first-order chi connectivity index (χ1) is 21.2. The molecule has 2 amide bonds. The van der Waals surface area contributed by atoms with Crippen molar-refractivity contribution in [2.45, 2.75) is 51.6 Å². The summed E-state index contributed by atoms with van der Waals surface area (Å²) in [5.74, 6) is -0.262. The van der Waals surface area contributed by atoms with Crippen molar-refractivity contribution in [2.24, 2.45) is 7.05 Å². The van der Waals surface area contributed by atoms with E-state index in [1.165, 1.54) is 21.4 Å². The number of hydrogen-bond donors (Lipinski definition) is 4. The number of rotatable bonds is 6. The molecule has 1 aliphatic carbocycles. The van der Waals surface area contributed by atoms with E-state index in [4.69, 9.17) is 5.73 Å². The zero-order valence-corrected chi connectivity index (χ0v) is 25.7. The van der Waals surface area contributed by atoms with Crippen molar-refractivity contribution in [2.75, 3.05) is 29.5 Å². The van der Waals surface area contributed by atoms with Crippen LogP contribution in [0, 0.1) is 6.92 Å². The van der Waals surface area contributed by atoms with Crippen LogP contribution in [0.4, 0.5) is 22.9 Å². The minimum Gasteiger partial charge on any atom is -0.398 e. The molecule has 0 saturated carbocycles. The lowest BCUT2D eigenvalue weighted by Crippen LogP contribution is -2.42. The summed E-state index contributed by atoms with van der Waals surface area (Å²) >= 11 is 1.58. The zero-order chi connectivity index (χ0) is 31.0. The van der Waals surface area contributed by atoms with Crippen LogP contribution in [-0.2, 0) is 19.9 Å². The summed E-state index contributed by atoms with van der Waals surface area (Å²) in [7, 11) is 1.65. The van der Waals surface area contributed by atoms with Gasteiger partial charge >= 0.3 is 0 Å². The molecule has 10 nitrogen and oxygen atoms in total. The highest BCUT2D eigenvalue weighted by Gasteiger charge is 2.25. The number of carbonyl (C=O) groups excluding carboxylic acids is 2. The Kier molecular flexibility index (Phi) is 8.24. The molecule has 0 radical (unpaired) electrons. The molecule has 44 heavy (non-hydrogen) atoms. The van der Waals surface area contributed by atoms with E-state index in [2.05, 4.69) is 15.6 Å². The summed E-state index contributed by atoms with van der Waals surface area (Å²) in [4.78, 5) is 47.5. The van der Waals surface area contributed by atoms with Crippen molar-refractivity contribution in [3.63, 3.8) is 0 Å². The Morgan fingerprint density at radius 1 is 1.11 bits per heavy atom. The number of nitrogens with one attached hydrogen (secondary N) is 2. The van der Waals surface area contributed by atoms with Gasteiger partial charge in [-0.05, 0) is 86.9 Å². The fourth-order valence-corrected chi connectivity index (χ4v) is 7.08. The Labute approximate surface area is 259 Å². The molecule has 4 aromatic rings. The summed E-state index contributed by atoms with van der Waals surface area (Å²) in [6.45, 7) is 2.77. The highest BCUT2D eigenvalue weighted by Crippen LogP contribution is 2.32. The average Bonchev–Trinajstić information content (AvgIpc) is 3.45. The van der Waals surface area contributed by atoms with Gasteiger partial charge in [0.2, 0.25) is 0 Å². The molecule has 2 aromatic carbocycles. The van der Waals surface area contributed by atoms with Crippen LogP contribution in [0.15, 0.2) is 53.5 Å². The Hall–Kier alpha value is -4.48. The van der Waals surface area contributed by atoms with Gasteiger partial charge in [0, 0.05) is 53.8 Å². The molecule has 1 aliphatic heterocycles. The van der Waals surface area contributed by atoms with Gasteiger partial charge in [0.05, 0.1) is 22.2 Å². The molecule has 1 fully saturated rings. The van der Waals surface area contributed by atoms with Crippen LogP contribution in [0.3, 0.4) is 0 Å². The summed E-state index contributed by atoms with van der Waals surface area (Å²) in [6, 6.07) is 12.5. The van der Waals surface area contributed by atoms with E-state index in [1.807, 2.05) is 31.2 Å². The lowest BCUT2D eigenvalue weighted by molar-refractivity contribution is 0.0474. The number of nitrogens with zero attached hydrogens (tertiary/aromatic N) is 3. The lowest BCUT2D eigenvalue weighted by Gasteiger charge is -2.30. The first kappa shape index (κ1) is 29.6. The van der Waals surface area contributed by atoms with Gasteiger partial charge in [0.25, 0.3) is 17.4 Å². The van der Waals surface area contributed by atoms with E-state index in [1.54, 1.807) is 47.7 Å². The number of anilines is 4. The number of thiophene rings is 1. The summed E-state index contributed by atoms with van der Waals surface area (Å²) in [5, 5.41) is 16.1. The number of likely N-dealkylation sites (tertiary alicyclic amines) is 1. The van der Waals surface area contributed by atoms with Gasteiger partial charge in [0.1, 0.15) is 0 Å². The summed E-state index contributed by atoms with van der Waals surface area (Å²) < 4.78 is 1.45. The molecular formula is C33H36N6O4S. The second-order valence-corrected chi connectivity index (χ2v) is 12.7. The number of benzene rings is 2. The second-order valence-electron chi connectivity index (χ2n) is 11.6. The van der Waals surface area contributed by atoms with Gasteiger partial charge in [-0.25, -0.2) is 4.98 Å². The maximum atomic E-state index is 13.2. The van der Waals surface area contributed by atoms with Crippen molar-refractivity contribution in [1.29, 1.82) is 0 Å². The number of aryl methyl sites for hydroxylation is 3. The van der Waals surface area contributed by atoms with Crippen molar-refractivity contribution >= 4 is 46.0 Å². The van der Waals surface area contributed by atoms with Crippen LogP contribution in [0.25, 0.3) is 11.3 Å². The Balaban J connectivity index is 1.23. The molecule has 6 rings (SSSR count). The van der Waals surface area contributed by atoms with Gasteiger partial charge in [-0.2, -0.15) is 0 Å². The third-order valence-electron chi connectivity index (χ3n) is 8.38. The summed E-state index contributed by atoms with van der Waals surface area (Å²) in [6.07, 6.45) is 6.95. The number of hydrogen-bond acceptors (Lipinski definition) is 8. The first-order valence-electron chi connectivity index (χ1n) is 14.9. The molecule has 5 N–H and O–H groups in total. The van der Waals surface area contributed by atoms with E-state index < -0.39 is 6.10 Å². The number of aliphatic hydroxyl groups excluding tert-OH is 1. The molecule has 2 aliphatic rings. The first-order valence-corrected chi connectivity index (χ1v) is 15.7. The van der Waals surface area contributed by atoms with Crippen LogP contribution in [0.2, 0.25) is 0 Å². The minimum atomic E-state index is -0.531. The zero-order valence-electron chi connectivity index (χ0n) is 24.9. The normalized spacial score (nSPS) is 16.3. The van der Waals surface area contributed by atoms with Gasteiger partial charge < -0.3 is 30.9 Å². The molecular weight excluding hydrogens is 576 g/mol. The second kappa shape index (κ2) is 12.3. The number of amides is 2. The van der Waals surface area contributed by atoms with Crippen molar-refractivity contribution in [3.8, 4) is 11.3 Å². The number of fused-ring (bicyclic) bond motifs is 1. The standard InChI is InChI=1S/C33H36N6O4S/c1-19-23(9-5-10-26(19)37-31(41)29-15-20-7-3-4-11-28(20)44-29)27-18-38(2)33(43)30(36-27)35-21-12-13-24(25(34)16-21)32(42)39-14-6-8-22(40)17-39/h5,9-10,12-13,15-16,18,22,40H,3-4,6-8,11,14,17,34H2,1-2H3,(H,35,36)(H,37,41). The number of piperidine rings is 1. The third kappa shape index (κ3) is 5.97. The van der Waals surface area contributed by atoms with Crippen LogP contribution in [0.5, 0.6) is 0 Å². The van der Waals surface area contributed by atoms with E-state index in [9.17, 15) is 19.5 Å². The Bertz CT molecular complexity index is 1790. The number of β-amino-alcohol motifs (C(OH)–C–C–N with tert-alkyl or cyclic N) is 1. The van der Waals surface area contributed by atoms with E-state index in [0.717, 1.165) is 36.8 Å². The Morgan fingerprint density at radius 3 is 2.70 bits per heavy atom. The molecule has 1 saturated heterocycles. The van der Waals surface area contributed by atoms with E-state index in [-0.39, 0.29) is 35.4 Å². The topological polar surface area (TPSA) is 143 Å². The number of carbonyl (C=O) groups is 2. The number of aromatic nitrogens is 2. The fraction of sp³-hybridized carbons (Fsp3) is 0.333. The number of nitrogen functional groups attached to an aromatic ring is 1. The van der Waals surface area contributed by atoms with Crippen LogP contribution < -0.4 is 21.9 Å². The third-order valence-corrected chi connectivity index (χ3v) is 9.61. The molecule has 11 heteroatoms. The number of aliphatic hydroxyl groups is 1. The SMILES string of the molecule is Cc1c(NC(=O)c2cc3c(s2)CCCC3)cccc1-c1cn(C)c(=O)c(Nc2ccc(C(=O)N3CCCC(O)C3)c(N)c2)n1. The van der Waals surface area contributed by atoms with Crippen LogP contribution in [0.1, 0.15) is 61.7 Å². The van der Waals surface area contributed by atoms with E-state index >= 15 is 0 Å². The lowest BCUT2D eigenvalue weighted by atomic mass is 9.99. The monoisotopic (exact) mass is 612 g/mol. The predicted molar refractivity (Wildman–Crippen MR) is 174 cm³/mol. The van der Waals surface area contributed by atoms with Crippen molar-refractivity contribution < 1.29 is 14.7 Å². The van der Waals surface area contributed by atoms with Gasteiger partial charge in [-0.1, -0.05) is 12.1 Å². The summed E-state index contributed by atoms with van der Waals surface area (Å²) in [5.41, 5.74) is 11.2. The molecule has 228 valence electrons. The van der Waals surface area contributed by atoms with Crippen molar-refractivity contribution in [3.05, 3.63) is 85.5 Å². The van der Waals surface area contributed by atoms with Gasteiger partial charge in [0.15, 0.2) is 5.82 Å². The van der Waals surface area contributed by atoms with Crippen LogP contribution in [-0.4, -0.2) is 50.6 Å². The average molecular weight is 613 g/mol. The fourth-order valence-electron chi connectivity index (χ4n) is 5.93. The van der Waals surface area contributed by atoms with Gasteiger partial charge in [-0.3, -0.25) is 14.4 Å². The predicted octanol–water partition coefficient (Wildman–Crippen LogP) is 4.87. The highest BCUT2D eigenvalue weighted by molar-refractivity contribution is 7.14. The van der Waals surface area contributed by atoms with Gasteiger partial charge in [-0.15, -0.1) is 11.3 Å². The molecule has 1 unspecified atom stereocenters. The Morgan fingerprint density at radius 2 is 1.93 bits per heavy atom. The van der Waals surface area contributed by atoms with Crippen LogP contribution >= 0.6 is 11.3 Å². The highest BCUT2D eigenvalue weighted by atomic mass is 32.1. The quantitative estimate of drug-likeness (QED) is 0.228. The molecule has 2 aromatic heterocycles. The molecule has 3 heterocycles. The minimum absolute atomic E-state index is 0.0978. The molecule has 0 bridgehead atoms. The van der Waals surface area contributed by atoms with E-state index in [0.29, 0.717) is 40.5 Å². The largest absolute Gasteiger partial charge is 0.398 e. The molecule has 1 atom stereocenters. The smallest absolute Gasteiger partial charge is 0.293 e. The number of nitrogens with two attached hydrogens (primary N) is 1. The maximum absolute atomic E-state index is 13.2. The maximum Gasteiger partial charge on any atom is 0.293 e.